The number of para-hydroxylation sites is 1. The summed E-state index contributed by atoms with van der Waals surface area (Å²) in [6.07, 6.45) is 1.25. The molecular formula is C23H20FN3O3. The second-order valence-electron chi connectivity index (χ2n) is 7.09. The SMILES string of the molecule is Cc1ccccc1N(C)CCNC1=CC(=O)c2nc(-c3ccc(F)cc3)oc2C1=O. The maximum absolute atomic E-state index is 13.1. The number of aromatic nitrogens is 1. The lowest BCUT2D eigenvalue weighted by molar-refractivity contribution is 0.0957. The second-order valence-corrected chi connectivity index (χ2v) is 7.09. The van der Waals surface area contributed by atoms with Crippen molar-refractivity contribution in [2.24, 2.45) is 0 Å². The van der Waals surface area contributed by atoms with Gasteiger partial charge in [0.15, 0.2) is 5.69 Å². The van der Waals surface area contributed by atoms with Crippen LogP contribution in [-0.2, 0) is 0 Å². The fourth-order valence-corrected chi connectivity index (χ4v) is 3.35. The predicted octanol–water partition coefficient (Wildman–Crippen LogP) is 3.78. The van der Waals surface area contributed by atoms with Gasteiger partial charge in [0.1, 0.15) is 5.82 Å². The molecule has 1 N–H and O–H groups in total. The molecule has 30 heavy (non-hydrogen) atoms. The molecule has 0 unspecified atom stereocenters. The van der Waals surface area contributed by atoms with Gasteiger partial charge in [-0.15, -0.1) is 0 Å². The smallest absolute Gasteiger partial charge is 0.246 e. The number of hydrogen-bond donors (Lipinski definition) is 1. The molecule has 4 rings (SSSR count). The summed E-state index contributed by atoms with van der Waals surface area (Å²) in [6.45, 7) is 3.13. The number of carbonyl (C=O) groups is 2. The number of Topliss-reactive ketones (excluding diaryl/α,β-unsaturated/α-hetero) is 1. The topological polar surface area (TPSA) is 75.4 Å². The molecule has 152 valence electrons. The Hall–Kier alpha value is -3.74. The van der Waals surface area contributed by atoms with Crippen LogP contribution in [0.2, 0.25) is 0 Å². The third-order valence-electron chi connectivity index (χ3n) is 4.97. The number of ketones is 2. The maximum atomic E-state index is 13.1. The third kappa shape index (κ3) is 3.74. The summed E-state index contributed by atoms with van der Waals surface area (Å²) in [5.74, 6) is -1.22. The molecule has 0 saturated heterocycles. The van der Waals surface area contributed by atoms with Gasteiger partial charge < -0.3 is 14.6 Å². The van der Waals surface area contributed by atoms with Crippen molar-refractivity contribution in [1.29, 1.82) is 0 Å². The normalized spacial score (nSPS) is 13.1. The van der Waals surface area contributed by atoms with Gasteiger partial charge in [0, 0.05) is 37.5 Å². The van der Waals surface area contributed by atoms with Gasteiger partial charge >= 0.3 is 0 Å². The zero-order chi connectivity index (χ0) is 21.3. The van der Waals surface area contributed by atoms with Crippen molar-refractivity contribution >= 4 is 17.3 Å². The molecule has 0 bridgehead atoms. The fraction of sp³-hybridized carbons (Fsp3) is 0.174. The summed E-state index contributed by atoms with van der Waals surface area (Å²) in [6, 6.07) is 13.5. The van der Waals surface area contributed by atoms with Crippen LogP contribution in [0.15, 0.2) is 64.7 Å². The van der Waals surface area contributed by atoms with Crippen molar-refractivity contribution in [3.63, 3.8) is 0 Å². The van der Waals surface area contributed by atoms with Crippen molar-refractivity contribution in [3.05, 3.63) is 83.1 Å². The van der Waals surface area contributed by atoms with Crippen molar-refractivity contribution in [2.75, 3.05) is 25.0 Å². The first-order chi connectivity index (χ1) is 14.4. The number of carbonyl (C=O) groups excluding carboxylic acids is 2. The average Bonchev–Trinajstić information content (AvgIpc) is 3.19. The number of rotatable bonds is 6. The number of anilines is 1. The number of benzene rings is 2. The zero-order valence-corrected chi connectivity index (χ0v) is 16.6. The van der Waals surface area contributed by atoms with Crippen molar-refractivity contribution in [3.8, 4) is 11.5 Å². The fourth-order valence-electron chi connectivity index (χ4n) is 3.35. The average molecular weight is 405 g/mol. The van der Waals surface area contributed by atoms with Crippen LogP contribution in [0, 0.1) is 12.7 Å². The Balaban J connectivity index is 1.46. The summed E-state index contributed by atoms with van der Waals surface area (Å²) in [5.41, 5.74) is 2.89. The van der Waals surface area contributed by atoms with E-state index in [0.717, 1.165) is 11.3 Å². The highest BCUT2D eigenvalue weighted by Gasteiger charge is 2.32. The summed E-state index contributed by atoms with van der Waals surface area (Å²) >= 11 is 0. The lowest BCUT2D eigenvalue weighted by Gasteiger charge is -2.22. The highest BCUT2D eigenvalue weighted by molar-refractivity contribution is 6.22. The van der Waals surface area contributed by atoms with Crippen LogP contribution < -0.4 is 10.2 Å². The van der Waals surface area contributed by atoms with E-state index in [9.17, 15) is 14.0 Å². The first-order valence-electron chi connectivity index (χ1n) is 9.52. The minimum absolute atomic E-state index is 0.0260. The Morgan fingerprint density at radius 1 is 1.10 bits per heavy atom. The lowest BCUT2D eigenvalue weighted by atomic mass is 10.0. The molecule has 1 aromatic heterocycles. The maximum Gasteiger partial charge on any atom is 0.246 e. The molecule has 1 aliphatic carbocycles. The number of nitrogens with zero attached hydrogens (tertiary/aromatic N) is 2. The monoisotopic (exact) mass is 405 g/mol. The van der Waals surface area contributed by atoms with Gasteiger partial charge in [-0.1, -0.05) is 18.2 Å². The van der Waals surface area contributed by atoms with Crippen LogP contribution in [-0.4, -0.2) is 36.7 Å². The van der Waals surface area contributed by atoms with Gasteiger partial charge in [0.05, 0.1) is 5.70 Å². The van der Waals surface area contributed by atoms with Crippen LogP contribution in [0.5, 0.6) is 0 Å². The molecule has 6 nitrogen and oxygen atoms in total. The van der Waals surface area contributed by atoms with Crippen LogP contribution in [0.25, 0.3) is 11.5 Å². The molecule has 1 heterocycles. The minimum Gasteiger partial charge on any atom is -0.432 e. The molecule has 0 spiro atoms. The zero-order valence-electron chi connectivity index (χ0n) is 16.6. The number of halogens is 1. The Kier molecular flexibility index (Phi) is 5.18. The molecule has 2 aromatic carbocycles. The Morgan fingerprint density at radius 2 is 1.83 bits per heavy atom. The Morgan fingerprint density at radius 3 is 2.57 bits per heavy atom. The number of fused-ring (bicyclic) bond motifs is 1. The summed E-state index contributed by atoms with van der Waals surface area (Å²) in [7, 11) is 1.97. The van der Waals surface area contributed by atoms with Crippen LogP contribution >= 0.6 is 0 Å². The number of allylic oxidation sites excluding steroid dienone is 2. The van der Waals surface area contributed by atoms with Crippen LogP contribution in [0.1, 0.15) is 26.6 Å². The highest BCUT2D eigenvalue weighted by Crippen LogP contribution is 2.27. The molecule has 3 aromatic rings. The van der Waals surface area contributed by atoms with E-state index in [2.05, 4.69) is 15.2 Å². The molecule has 0 saturated carbocycles. The van der Waals surface area contributed by atoms with E-state index in [1.54, 1.807) is 0 Å². The molecule has 0 amide bonds. The van der Waals surface area contributed by atoms with Crippen LogP contribution in [0.3, 0.4) is 0 Å². The van der Waals surface area contributed by atoms with Gasteiger partial charge in [0.2, 0.25) is 23.2 Å². The van der Waals surface area contributed by atoms with E-state index in [1.165, 1.54) is 30.3 Å². The van der Waals surface area contributed by atoms with Crippen molar-refractivity contribution in [1.82, 2.24) is 10.3 Å². The van der Waals surface area contributed by atoms with Crippen molar-refractivity contribution < 1.29 is 18.4 Å². The van der Waals surface area contributed by atoms with E-state index in [4.69, 9.17) is 4.42 Å². The van der Waals surface area contributed by atoms with Gasteiger partial charge in [-0.3, -0.25) is 9.59 Å². The third-order valence-corrected chi connectivity index (χ3v) is 4.97. The number of oxazole rings is 1. The first-order valence-corrected chi connectivity index (χ1v) is 9.52. The van der Waals surface area contributed by atoms with Gasteiger partial charge in [0.25, 0.3) is 0 Å². The van der Waals surface area contributed by atoms with E-state index >= 15 is 0 Å². The lowest BCUT2D eigenvalue weighted by Crippen LogP contribution is -2.33. The summed E-state index contributed by atoms with van der Waals surface area (Å²) < 4.78 is 18.7. The van der Waals surface area contributed by atoms with E-state index < -0.39 is 17.4 Å². The summed E-state index contributed by atoms with van der Waals surface area (Å²) in [4.78, 5) is 31.4. The molecule has 0 atom stereocenters. The Labute approximate surface area is 173 Å². The second kappa shape index (κ2) is 7.94. The number of aryl methyl sites for hydroxylation is 1. The highest BCUT2D eigenvalue weighted by atomic mass is 19.1. The van der Waals surface area contributed by atoms with E-state index in [-0.39, 0.29) is 23.0 Å². The molecule has 0 fully saturated rings. The van der Waals surface area contributed by atoms with Gasteiger partial charge in [-0.05, 0) is 42.8 Å². The standard InChI is InChI=1S/C23H20FN3O3/c1-14-5-3-4-6-18(14)27(2)12-11-25-17-13-19(28)20-22(21(17)29)30-23(26-20)15-7-9-16(24)10-8-15/h3-10,13,25H,11-12H2,1-2H3. The summed E-state index contributed by atoms with van der Waals surface area (Å²) in [5, 5.41) is 3.03. The van der Waals surface area contributed by atoms with E-state index in [1.807, 2.05) is 38.2 Å². The number of hydrogen-bond acceptors (Lipinski definition) is 6. The van der Waals surface area contributed by atoms with Crippen molar-refractivity contribution in [2.45, 2.75) is 6.92 Å². The van der Waals surface area contributed by atoms with Gasteiger partial charge in [-0.2, -0.15) is 0 Å². The molecule has 7 heteroatoms. The molecular weight excluding hydrogens is 385 g/mol. The molecule has 0 aliphatic heterocycles. The van der Waals surface area contributed by atoms with E-state index in [0.29, 0.717) is 18.7 Å². The quantitative estimate of drug-likeness (QED) is 0.673. The number of likely N-dealkylation sites (N-methyl/N-ethyl adjacent to an activating group) is 1. The first kappa shape index (κ1) is 19.6. The van der Waals surface area contributed by atoms with Crippen LogP contribution in [0.4, 0.5) is 10.1 Å². The van der Waals surface area contributed by atoms with Gasteiger partial charge in [-0.25, -0.2) is 9.37 Å². The largest absolute Gasteiger partial charge is 0.432 e. The Bertz CT molecular complexity index is 1150. The molecule has 0 radical (unpaired) electrons. The molecule has 1 aliphatic rings. The predicted molar refractivity (Wildman–Crippen MR) is 111 cm³/mol. The minimum atomic E-state index is -0.427. The number of nitrogens with one attached hydrogen (secondary N) is 1.